The molecule has 1 aromatic rings. The first-order valence-corrected chi connectivity index (χ1v) is 7.28. The summed E-state index contributed by atoms with van der Waals surface area (Å²) in [6.45, 7) is 0.733. The van der Waals surface area contributed by atoms with Crippen LogP contribution < -0.4 is 10.6 Å². The number of amides is 1. The molecule has 0 atom stereocenters. The normalized spacial score (nSPS) is 17.1. The second-order valence-corrected chi connectivity index (χ2v) is 5.41. The monoisotopic (exact) mass is 296 g/mol. The van der Waals surface area contributed by atoms with Crippen molar-refractivity contribution in [2.24, 2.45) is 0 Å². The Labute approximate surface area is 127 Å². The molecule has 2 rings (SSSR count). The summed E-state index contributed by atoms with van der Waals surface area (Å²) in [5.41, 5.74) is 1.12. The summed E-state index contributed by atoms with van der Waals surface area (Å²) >= 11 is 0. The molecule has 0 spiro atoms. The van der Waals surface area contributed by atoms with Gasteiger partial charge >= 0.3 is 0 Å². The molecule has 0 heterocycles. The van der Waals surface area contributed by atoms with Crippen molar-refractivity contribution >= 4 is 18.3 Å². The molecule has 1 saturated carbocycles. The fraction of sp³-hybridized carbons (Fsp3) is 0.562. The largest absolute Gasteiger partial charge is 0.347 e. The summed E-state index contributed by atoms with van der Waals surface area (Å²) in [5, 5.41) is 6.33. The van der Waals surface area contributed by atoms with Crippen LogP contribution in [0.1, 0.15) is 44.1 Å². The Morgan fingerprint density at radius 2 is 1.80 bits per heavy atom. The molecule has 1 aliphatic rings. The number of hydrogen-bond donors (Lipinski definition) is 2. The van der Waals surface area contributed by atoms with Gasteiger partial charge in [0.2, 0.25) is 5.91 Å². The van der Waals surface area contributed by atoms with Gasteiger partial charge in [-0.15, -0.1) is 12.4 Å². The molecule has 4 heteroatoms. The Morgan fingerprint density at radius 3 is 2.40 bits per heavy atom. The van der Waals surface area contributed by atoms with Gasteiger partial charge in [0, 0.05) is 13.0 Å². The highest BCUT2D eigenvalue weighted by Crippen LogP contribution is 2.37. The molecular weight excluding hydrogens is 272 g/mol. The van der Waals surface area contributed by atoms with E-state index in [9.17, 15) is 4.79 Å². The zero-order chi connectivity index (χ0) is 13.6. The molecule has 1 aromatic carbocycles. The van der Waals surface area contributed by atoms with Crippen molar-refractivity contribution in [1.29, 1.82) is 0 Å². The minimum absolute atomic E-state index is 0. The lowest BCUT2D eigenvalue weighted by Gasteiger charge is -2.38. The van der Waals surface area contributed by atoms with Crippen LogP contribution in [0.3, 0.4) is 0 Å². The number of halogens is 1. The zero-order valence-electron chi connectivity index (χ0n) is 12.2. The summed E-state index contributed by atoms with van der Waals surface area (Å²) in [4.78, 5) is 12.1. The maximum Gasteiger partial charge on any atom is 0.221 e. The quantitative estimate of drug-likeness (QED) is 0.877. The Morgan fingerprint density at radius 1 is 1.15 bits per heavy atom. The van der Waals surface area contributed by atoms with Crippen molar-refractivity contribution in [3.05, 3.63) is 35.9 Å². The van der Waals surface area contributed by atoms with E-state index in [0.717, 1.165) is 19.4 Å². The van der Waals surface area contributed by atoms with Crippen molar-refractivity contribution in [3.63, 3.8) is 0 Å². The molecule has 20 heavy (non-hydrogen) atoms. The zero-order valence-corrected chi connectivity index (χ0v) is 13.0. The van der Waals surface area contributed by atoms with Crippen LogP contribution in [0.5, 0.6) is 0 Å². The fourth-order valence-corrected chi connectivity index (χ4v) is 2.97. The van der Waals surface area contributed by atoms with E-state index < -0.39 is 0 Å². The third kappa shape index (κ3) is 4.22. The smallest absolute Gasteiger partial charge is 0.221 e. The molecule has 0 radical (unpaired) electrons. The number of benzene rings is 1. The molecule has 0 unspecified atom stereocenters. The number of rotatable bonds is 5. The van der Waals surface area contributed by atoms with Crippen molar-refractivity contribution in [1.82, 2.24) is 10.6 Å². The summed E-state index contributed by atoms with van der Waals surface area (Å²) in [6, 6.07) is 10.4. The van der Waals surface area contributed by atoms with Gasteiger partial charge in [0.05, 0.1) is 5.54 Å². The number of carbonyl (C=O) groups is 1. The minimum Gasteiger partial charge on any atom is -0.347 e. The van der Waals surface area contributed by atoms with Crippen molar-refractivity contribution in [2.75, 3.05) is 13.6 Å². The van der Waals surface area contributed by atoms with Crippen LogP contribution in [-0.2, 0) is 10.3 Å². The van der Waals surface area contributed by atoms with E-state index in [1.54, 1.807) is 0 Å². The lowest BCUT2D eigenvalue weighted by atomic mass is 9.76. The first-order valence-electron chi connectivity index (χ1n) is 7.28. The standard InChI is InChI=1S/C16H24N2O.ClH/c1-17-13-10-15(19)18-16(11-6-3-7-12-16)14-8-4-2-5-9-14;/h2,4-5,8-9,17H,3,6-7,10-13H2,1H3,(H,18,19);1H. The molecule has 112 valence electrons. The van der Waals surface area contributed by atoms with Gasteiger partial charge in [-0.2, -0.15) is 0 Å². The first-order chi connectivity index (χ1) is 9.27. The molecule has 3 nitrogen and oxygen atoms in total. The highest BCUT2D eigenvalue weighted by molar-refractivity contribution is 5.85. The van der Waals surface area contributed by atoms with Gasteiger partial charge in [0.25, 0.3) is 0 Å². The van der Waals surface area contributed by atoms with Gasteiger partial charge in [0.1, 0.15) is 0 Å². The van der Waals surface area contributed by atoms with E-state index in [4.69, 9.17) is 0 Å². The Balaban J connectivity index is 0.00000200. The van der Waals surface area contributed by atoms with Crippen LogP contribution in [0, 0.1) is 0 Å². The van der Waals surface area contributed by atoms with Crippen LogP contribution in [0.15, 0.2) is 30.3 Å². The maximum absolute atomic E-state index is 12.1. The lowest BCUT2D eigenvalue weighted by Crippen LogP contribution is -2.47. The summed E-state index contributed by atoms with van der Waals surface area (Å²) in [7, 11) is 1.88. The topological polar surface area (TPSA) is 41.1 Å². The third-order valence-electron chi connectivity index (χ3n) is 4.01. The van der Waals surface area contributed by atoms with E-state index >= 15 is 0 Å². The van der Waals surface area contributed by atoms with E-state index in [-0.39, 0.29) is 23.9 Å². The average Bonchev–Trinajstić information content (AvgIpc) is 2.47. The maximum atomic E-state index is 12.1. The first kappa shape index (κ1) is 17.0. The van der Waals surface area contributed by atoms with Crippen LogP contribution in [-0.4, -0.2) is 19.5 Å². The van der Waals surface area contributed by atoms with Gasteiger partial charge in [0.15, 0.2) is 0 Å². The summed E-state index contributed by atoms with van der Waals surface area (Å²) in [5.74, 6) is 0.153. The highest BCUT2D eigenvalue weighted by atomic mass is 35.5. The van der Waals surface area contributed by atoms with Gasteiger partial charge in [-0.1, -0.05) is 49.6 Å². The van der Waals surface area contributed by atoms with Gasteiger partial charge in [-0.25, -0.2) is 0 Å². The van der Waals surface area contributed by atoms with Crippen LogP contribution in [0.2, 0.25) is 0 Å². The Bertz CT molecular complexity index is 402. The molecule has 1 amide bonds. The Hall–Kier alpha value is -1.06. The number of nitrogens with one attached hydrogen (secondary N) is 2. The van der Waals surface area contributed by atoms with Crippen LogP contribution in [0.4, 0.5) is 0 Å². The predicted octanol–water partition coefficient (Wildman–Crippen LogP) is 2.99. The molecular formula is C16H25ClN2O. The predicted molar refractivity (Wildman–Crippen MR) is 85.1 cm³/mol. The van der Waals surface area contributed by atoms with E-state index in [1.165, 1.54) is 24.8 Å². The average molecular weight is 297 g/mol. The Kier molecular flexibility index (Phi) is 7.03. The fourth-order valence-electron chi connectivity index (χ4n) is 2.97. The number of carbonyl (C=O) groups excluding carboxylic acids is 1. The van der Waals surface area contributed by atoms with E-state index in [1.807, 2.05) is 13.1 Å². The molecule has 1 aliphatic carbocycles. The van der Waals surface area contributed by atoms with Crippen LogP contribution >= 0.6 is 12.4 Å². The molecule has 1 fully saturated rings. The van der Waals surface area contributed by atoms with Crippen LogP contribution in [0.25, 0.3) is 0 Å². The highest BCUT2D eigenvalue weighted by Gasteiger charge is 2.34. The summed E-state index contributed by atoms with van der Waals surface area (Å²) in [6.07, 6.45) is 6.33. The van der Waals surface area contributed by atoms with Gasteiger partial charge in [-0.05, 0) is 25.5 Å². The second-order valence-electron chi connectivity index (χ2n) is 5.41. The van der Waals surface area contributed by atoms with Crippen molar-refractivity contribution in [3.8, 4) is 0 Å². The van der Waals surface area contributed by atoms with Gasteiger partial charge in [-0.3, -0.25) is 4.79 Å². The molecule has 2 N–H and O–H groups in total. The van der Waals surface area contributed by atoms with Gasteiger partial charge < -0.3 is 10.6 Å². The van der Waals surface area contributed by atoms with Crippen molar-refractivity contribution in [2.45, 2.75) is 44.1 Å². The molecule has 0 aliphatic heterocycles. The molecule has 0 aromatic heterocycles. The third-order valence-corrected chi connectivity index (χ3v) is 4.01. The number of hydrogen-bond acceptors (Lipinski definition) is 2. The SMILES string of the molecule is CNCCC(=O)NC1(c2ccccc2)CCCCC1.Cl. The molecule has 0 bridgehead atoms. The summed E-state index contributed by atoms with van der Waals surface area (Å²) < 4.78 is 0. The van der Waals surface area contributed by atoms with E-state index in [0.29, 0.717) is 6.42 Å². The molecule has 0 saturated heterocycles. The van der Waals surface area contributed by atoms with E-state index in [2.05, 4.69) is 34.9 Å². The second kappa shape index (κ2) is 8.28. The van der Waals surface area contributed by atoms with Crippen molar-refractivity contribution < 1.29 is 4.79 Å². The minimum atomic E-state index is -0.135. The lowest BCUT2D eigenvalue weighted by molar-refractivity contribution is -0.123.